The summed E-state index contributed by atoms with van der Waals surface area (Å²) in [6.07, 6.45) is -1.87. The van der Waals surface area contributed by atoms with E-state index in [4.69, 9.17) is 14.2 Å². The number of ether oxygens (including phenoxy) is 3. The number of hydrogen-bond acceptors (Lipinski definition) is 5. The number of thioether (sulfide) groups is 1. The zero-order valence-corrected chi connectivity index (χ0v) is 15.3. The Bertz CT molecular complexity index is 635. The van der Waals surface area contributed by atoms with Crippen LogP contribution in [0.1, 0.15) is 12.5 Å². The summed E-state index contributed by atoms with van der Waals surface area (Å²) in [5.41, 5.74) is 0.783. The van der Waals surface area contributed by atoms with Crippen molar-refractivity contribution in [3.05, 3.63) is 66.2 Å². The molecule has 0 bridgehead atoms. The first-order valence-corrected chi connectivity index (χ1v) is 9.30. The molecule has 1 N–H and O–H groups in total. The summed E-state index contributed by atoms with van der Waals surface area (Å²) < 4.78 is 17.6. The maximum atomic E-state index is 10.8. The Labute approximate surface area is 153 Å². The van der Waals surface area contributed by atoms with Crippen molar-refractivity contribution < 1.29 is 19.3 Å². The molecule has 0 unspecified atom stereocenters. The Morgan fingerprint density at radius 2 is 1.64 bits per heavy atom. The molecule has 134 valence electrons. The minimum Gasteiger partial charge on any atom is -0.387 e. The molecule has 1 saturated heterocycles. The normalized spacial score (nSPS) is 29.5. The van der Waals surface area contributed by atoms with Crippen molar-refractivity contribution in [3.63, 3.8) is 0 Å². The van der Waals surface area contributed by atoms with Crippen LogP contribution in [0.4, 0.5) is 0 Å². The molecule has 1 fully saturated rings. The zero-order valence-electron chi connectivity index (χ0n) is 14.4. The van der Waals surface area contributed by atoms with Gasteiger partial charge in [-0.2, -0.15) is 0 Å². The van der Waals surface area contributed by atoms with Crippen molar-refractivity contribution in [2.45, 2.75) is 48.3 Å². The number of methoxy groups -OCH3 is 1. The molecule has 1 aliphatic heterocycles. The van der Waals surface area contributed by atoms with Crippen molar-refractivity contribution in [1.82, 2.24) is 0 Å². The van der Waals surface area contributed by atoms with E-state index in [-0.39, 0.29) is 11.5 Å². The summed E-state index contributed by atoms with van der Waals surface area (Å²) in [6.45, 7) is 2.37. The van der Waals surface area contributed by atoms with E-state index >= 15 is 0 Å². The van der Waals surface area contributed by atoms with E-state index in [1.54, 1.807) is 18.9 Å². The third-order valence-corrected chi connectivity index (χ3v) is 5.46. The smallest absolute Gasteiger partial charge is 0.136 e. The maximum Gasteiger partial charge on any atom is 0.136 e. The maximum absolute atomic E-state index is 10.8. The molecule has 0 aromatic heterocycles. The summed E-state index contributed by atoms with van der Waals surface area (Å²) in [6, 6.07) is 19.9. The Morgan fingerprint density at radius 1 is 1.00 bits per heavy atom. The van der Waals surface area contributed by atoms with Crippen molar-refractivity contribution in [2.75, 3.05) is 7.11 Å². The lowest BCUT2D eigenvalue weighted by Crippen LogP contribution is -2.57. The van der Waals surface area contributed by atoms with Crippen LogP contribution in [-0.4, -0.2) is 42.1 Å². The fourth-order valence-electron chi connectivity index (χ4n) is 2.97. The lowest BCUT2D eigenvalue weighted by atomic mass is 10.0. The van der Waals surface area contributed by atoms with Crippen LogP contribution in [0.5, 0.6) is 0 Å². The highest BCUT2D eigenvalue weighted by molar-refractivity contribution is 7.99. The molecular weight excluding hydrogens is 336 g/mol. The van der Waals surface area contributed by atoms with Gasteiger partial charge >= 0.3 is 0 Å². The van der Waals surface area contributed by atoms with Crippen LogP contribution in [0, 0.1) is 0 Å². The Kier molecular flexibility index (Phi) is 6.51. The quantitative estimate of drug-likeness (QED) is 0.855. The van der Waals surface area contributed by atoms with Crippen molar-refractivity contribution in [3.8, 4) is 0 Å². The van der Waals surface area contributed by atoms with E-state index in [0.29, 0.717) is 6.61 Å². The Morgan fingerprint density at radius 3 is 2.28 bits per heavy atom. The van der Waals surface area contributed by atoms with Crippen molar-refractivity contribution in [1.29, 1.82) is 0 Å². The van der Waals surface area contributed by atoms with Crippen LogP contribution < -0.4 is 0 Å². The fraction of sp³-hybridized carbons (Fsp3) is 0.400. The second-order valence-electron chi connectivity index (χ2n) is 6.09. The third-order valence-electron chi connectivity index (χ3n) is 4.31. The van der Waals surface area contributed by atoms with E-state index in [0.717, 1.165) is 10.5 Å². The van der Waals surface area contributed by atoms with Crippen LogP contribution in [0.2, 0.25) is 0 Å². The van der Waals surface area contributed by atoms with E-state index in [9.17, 15) is 5.11 Å². The average Bonchev–Trinajstić information content (AvgIpc) is 2.63. The van der Waals surface area contributed by atoms with Gasteiger partial charge in [0.05, 0.1) is 12.7 Å². The van der Waals surface area contributed by atoms with E-state index in [2.05, 4.69) is 0 Å². The first-order valence-electron chi connectivity index (χ1n) is 8.42. The number of benzene rings is 2. The predicted molar refractivity (Wildman–Crippen MR) is 98.5 cm³/mol. The van der Waals surface area contributed by atoms with E-state index < -0.39 is 18.3 Å². The standard InChI is InChI=1S/C20H24O4S/c1-14-18(23-13-15-9-5-3-6-10-15)17(21)19(22-2)20(24-14)25-16-11-7-4-8-12-16/h3-12,14,17-21H,13H2,1-2H3/t14-,17+,18-,19+,20-/m0/s1. The summed E-state index contributed by atoms with van der Waals surface area (Å²) in [5.74, 6) is 0. The molecule has 0 spiro atoms. The second-order valence-corrected chi connectivity index (χ2v) is 7.26. The summed E-state index contributed by atoms with van der Waals surface area (Å²) in [7, 11) is 1.60. The first kappa shape index (κ1) is 18.4. The summed E-state index contributed by atoms with van der Waals surface area (Å²) >= 11 is 1.56. The van der Waals surface area contributed by atoms with Gasteiger partial charge < -0.3 is 19.3 Å². The van der Waals surface area contributed by atoms with Gasteiger partial charge in [-0.1, -0.05) is 60.3 Å². The molecule has 25 heavy (non-hydrogen) atoms. The molecule has 4 nitrogen and oxygen atoms in total. The van der Waals surface area contributed by atoms with Gasteiger partial charge in [0.1, 0.15) is 23.7 Å². The van der Waals surface area contributed by atoms with Crippen LogP contribution in [0.3, 0.4) is 0 Å². The molecule has 0 amide bonds. The predicted octanol–water partition coefficient (Wildman–Crippen LogP) is 3.48. The number of rotatable bonds is 6. The minimum atomic E-state index is -0.751. The Hall–Kier alpha value is -1.37. The monoisotopic (exact) mass is 360 g/mol. The van der Waals surface area contributed by atoms with Crippen molar-refractivity contribution >= 4 is 11.8 Å². The van der Waals surface area contributed by atoms with Crippen LogP contribution in [0.15, 0.2) is 65.6 Å². The Balaban J connectivity index is 1.65. The van der Waals surface area contributed by atoms with Gasteiger partial charge in [0.25, 0.3) is 0 Å². The average molecular weight is 360 g/mol. The summed E-state index contributed by atoms with van der Waals surface area (Å²) in [5, 5.41) is 10.8. The number of hydrogen-bond donors (Lipinski definition) is 1. The van der Waals surface area contributed by atoms with E-state index in [1.807, 2.05) is 67.6 Å². The molecule has 0 saturated carbocycles. The molecule has 2 aromatic rings. The van der Waals surface area contributed by atoms with Gasteiger partial charge in [0, 0.05) is 12.0 Å². The van der Waals surface area contributed by atoms with Gasteiger partial charge in [-0.15, -0.1) is 0 Å². The third kappa shape index (κ3) is 4.63. The van der Waals surface area contributed by atoms with Gasteiger partial charge in [-0.25, -0.2) is 0 Å². The highest BCUT2D eigenvalue weighted by atomic mass is 32.2. The van der Waals surface area contributed by atoms with Gasteiger partial charge in [0.2, 0.25) is 0 Å². The second kappa shape index (κ2) is 8.83. The largest absolute Gasteiger partial charge is 0.387 e. The highest BCUT2D eigenvalue weighted by Gasteiger charge is 2.44. The van der Waals surface area contributed by atoms with Gasteiger partial charge in [0.15, 0.2) is 0 Å². The molecular formula is C20H24O4S. The van der Waals surface area contributed by atoms with Crippen molar-refractivity contribution in [2.24, 2.45) is 0 Å². The lowest BCUT2D eigenvalue weighted by molar-refractivity contribution is -0.218. The first-order chi connectivity index (χ1) is 12.2. The van der Waals surface area contributed by atoms with E-state index in [1.165, 1.54) is 0 Å². The van der Waals surface area contributed by atoms with Crippen LogP contribution in [0.25, 0.3) is 0 Å². The van der Waals surface area contributed by atoms with Crippen LogP contribution in [-0.2, 0) is 20.8 Å². The number of aliphatic hydroxyl groups is 1. The number of aliphatic hydroxyl groups excluding tert-OH is 1. The fourth-order valence-corrected chi connectivity index (χ4v) is 4.19. The molecule has 5 heteroatoms. The molecule has 0 radical (unpaired) electrons. The summed E-state index contributed by atoms with van der Waals surface area (Å²) in [4.78, 5) is 1.08. The zero-order chi connectivity index (χ0) is 17.6. The highest BCUT2D eigenvalue weighted by Crippen LogP contribution is 2.35. The molecule has 1 heterocycles. The van der Waals surface area contributed by atoms with Crippen LogP contribution >= 0.6 is 11.8 Å². The van der Waals surface area contributed by atoms with Gasteiger partial charge in [-0.3, -0.25) is 0 Å². The minimum absolute atomic E-state index is 0.230. The molecule has 2 aromatic carbocycles. The molecule has 0 aliphatic carbocycles. The van der Waals surface area contributed by atoms with Gasteiger partial charge in [-0.05, 0) is 24.6 Å². The molecule has 3 rings (SSSR count). The topological polar surface area (TPSA) is 47.9 Å². The SMILES string of the molecule is CO[C@@H]1[C@H](O)[C@@H](OCc2ccccc2)[C@H](C)O[C@H]1Sc1ccccc1. The lowest BCUT2D eigenvalue weighted by Gasteiger charge is -2.42. The molecule has 5 atom stereocenters. The molecule has 1 aliphatic rings.